The molecule has 1 fully saturated rings. The van der Waals surface area contributed by atoms with Gasteiger partial charge in [-0.1, -0.05) is 11.8 Å². The van der Waals surface area contributed by atoms with Gasteiger partial charge in [-0.3, -0.25) is 8.98 Å². The molecule has 1 saturated heterocycles. The molecule has 0 aliphatic carbocycles. The third-order valence-electron chi connectivity index (χ3n) is 5.36. The Morgan fingerprint density at radius 1 is 1.23 bits per heavy atom. The van der Waals surface area contributed by atoms with Gasteiger partial charge in [-0.15, -0.1) is 0 Å². The first-order chi connectivity index (χ1) is 14.5. The zero-order valence-electron chi connectivity index (χ0n) is 16.4. The fourth-order valence-corrected chi connectivity index (χ4v) is 5.50. The van der Waals surface area contributed by atoms with E-state index in [4.69, 9.17) is 9.92 Å². The lowest BCUT2D eigenvalue weighted by Gasteiger charge is -2.29. The van der Waals surface area contributed by atoms with Gasteiger partial charge in [0.1, 0.15) is 5.82 Å². The number of carbonyl (C=O) groups is 1. The van der Waals surface area contributed by atoms with Crippen molar-refractivity contribution in [2.45, 2.75) is 28.6 Å². The van der Waals surface area contributed by atoms with Crippen molar-refractivity contribution < 1.29 is 17.6 Å². The van der Waals surface area contributed by atoms with Gasteiger partial charge in [-0.2, -0.15) is 0 Å². The smallest absolute Gasteiger partial charge is 0.250 e. The van der Waals surface area contributed by atoms with Crippen LogP contribution in [0.1, 0.15) is 34.7 Å². The van der Waals surface area contributed by atoms with E-state index in [0.29, 0.717) is 18.7 Å². The molecule has 30 heavy (non-hydrogen) atoms. The number of primary amides is 1. The summed E-state index contributed by atoms with van der Waals surface area (Å²) in [6.45, 7) is 1.34. The van der Waals surface area contributed by atoms with Crippen molar-refractivity contribution in [1.29, 1.82) is 0 Å². The second-order valence-electron chi connectivity index (χ2n) is 7.14. The SMILES string of the molecule is COS(=O)N1CCC(c2c[nH]c3c(C(N)=O)cc(Sc4ccc(F)cc4)cc23)CC1. The summed E-state index contributed by atoms with van der Waals surface area (Å²) in [5.74, 6) is -0.516. The maximum atomic E-state index is 13.2. The fourth-order valence-electron chi connectivity index (χ4n) is 3.88. The number of piperidine rings is 1. The van der Waals surface area contributed by atoms with E-state index >= 15 is 0 Å². The first-order valence-electron chi connectivity index (χ1n) is 9.56. The minimum Gasteiger partial charge on any atom is -0.366 e. The van der Waals surface area contributed by atoms with E-state index < -0.39 is 17.2 Å². The number of hydrogen-bond donors (Lipinski definition) is 2. The minimum absolute atomic E-state index is 0.274. The number of halogens is 1. The molecule has 0 spiro atoms. The number of nitrogens with two attached hydrogens (primary N) is 1. The number of carbonyl (C=O) groups excluding carboxylic acids is 1. The summed E-state index contributed by atoms with van der Waals surface area (Å²) in [5.41, 5.74) is 7.92. The summed E-state index contributed by atoms with van der Waals surface area (Å²) < 4.78 is 31.8. The van der Waals surface area contributed by atoms with E-state index in [1.54, 1.807) is 18.2 Å². The maximum absolute atomic E-state index is 13.2. The predicted molar refractivity (Wildman–Crippen MR) is 116 cm³/mol. The highest BCUT2D eigenvalue weighted by Crippen LogP contribution is 2.38. The Morgan fingerprint density at radius 2 is 1.93 bits per heavy atom. The van der Waals surface area contributed by atoms with E-state index in [9.17, 15) is 13.4 Å². The molecule has 3 N–H and O–H groups in total. The van der Waals surface area contributed by atoms with E-state index in [-0.39, 0.29) is 11.7 Å². The van der Waals surface area contributed by atoms with Crippen molar-refractivity contribution in [2.24, 2.45) is 5.73 Å². The Bertz CT molecular complexity index is 1090. The Labute approximate surface area is 180 Å². The summed E-state index contributed by atoms with van der Waals surface area (Å²) >= 11 is 0.0496. The quantitative estimate of drug-likeness (QED) is 0.599. The van der Waals surface area contributed by atoms with Crippen LogP contribution in [-0.4, -0.2) is 39.6 Å². The van der Waals surface area contributed by atoms with Crippen LogP contribution in [0.2, 0.25) is 0 Å². The fraction of sp³-hybridized carbons (Fsp3) is 0.286. The second-order valence-corrected chi connectivity index (χ2v) is 9.58. The number of hydrogen-bond acceptors (Lipinski definition) is 4. The van der Waals surface area contributed by atoms with Crippen molar-refractivity contribution in [2.75, 3.05) is 20.2 Å². The van der Waals surface area contributed by atoms with Crippen LogP contribution < -0.4 is 5.73 Å². The molecule has 1 aliphatic rings. The first kappa shape index (κ1) is 21.0. The number of fused-ring (bicyclic) bond motifs is 1. The number of H-pyrrole nitrogens is 1. The van der Waals surface area contributed by atoms with E-state index in [1.165, 1.54) is 31.0 Å². The third kappa shape index (κ3) is 4.29. The molecule has 2 heterocycles. The molecular weight excluding hydrogens is 425 g/mol. The van der Waals surface area contributed by atoms with Gasteiger partial charge in [-0.05, 0) is 60.7 Å². The number of nitrogens with one attached hydrogen (secondary N) is 1. The zero-order valence-corrected chi connectivity index (χ0v) is 18.0. The van der Waals surface area contributed by atoms with Gasteiger partial charge in [-0.25, -0.2) is 12.9 Å². The molecule has 1 aliphatic heterocycles. The van der Waals surface area contributed by atoms with Crippen molar-refractivity contribution in [3.05, 3.63) is 59.5 Å². The standard InChI is InChI=1S/C21H22FN3O3S2/c1-28-30(27)25-8-6-13(7-9-25)19-12-24-20-17(19)10-16(11-18(20)21(23)26)29-15-4-2-14(22)3-5-15/h2-5,10-13,24H,6-9H2,1H3,(H2,23,26). The molecule has 3 aromatic rings. The second kappa shape index (κ2) is 8.89. The monoisotopic (exact) mass is 447 g/mol. The molecule has 0 bridgehead atoms. The number of amides is 1. The van der Waals surface area contributed by atoms with Gasteiger partial charge in [0, 0.05) is 34.5 Å². The van der Waals surface area contributed by atoms with Crippen LogP contribution in [0, 0.1) is 5.82 Å². The van der Waals surface area contributed by atoms with Gasteiger partial charge in [0.25, 0.3) is 5.91 Å². The molecule has 1 aromatic heterocycles. The minimum atomic E-state index is -1.41. The highest BCUT2D eigenvalue weighted by Gasteiger charge is 2.26. The molecule has 1 atom stereocenters. The number of nitrogens with zero attached hydrogens (tertiary/aromatic N) is 1. The Morgan fingerprint density at radius 3 is 2.57 bits per heavy atom. The molecule has 1 unspecified atom stereocenters. The summed E-state index contributed by atoms with van der Waals surface area (Å²) in [4.78, 5) is 17.0. The van der Waals surface area contributed by atoms with Crippen LogP contribution in [0.15, 0.2) is 52.4 Å². The summed E-state index contributed by atoms with van der Waals surface area (Å²) in [7, 11) is 1.44. The van der Waals surface area contributed by atoms with Crippen molar-refractivity contribution in [3.63, 3.8) is 0 Å². The number of aromatic amines is 1. The summed E-state index contributed by atoms with van der Waals surface area (Å²) in [6, 6.07) is 10.0. The van der Waals surface area contributed by atoms with Crippen LogP contribution in [0.25, 0.3) is 10.9 Å². The van der Waals surface area contributed by atoms with Gasteiger partial charge in [0.05, 0.1) is 18.2 Å². The van der Waals surface area contributed by atoms with E-state index in [0.717, 1.165) is 39.1 Å². The Kier molecular flexibility index (Phi) is 6.24. The molecule has 158 valence electrons. The van der Waals surface area contributed by atoms with Gasteiger partial charge in [0.15, 0.2) is 0 Å². The lowest BCUT2D eigenvalue weighted by Crippen LogP contribution is -2.34. The largest absolute Gasteiger partial charge is 0.366 e. The van der Waals surface area contributed by atoms with Crippen LogP contribution in [0.3, 0.4) is 0 Å². The van der Waals surface area contributed by atoms with Crippen LogP contribution in [-0.2, 0) is 15.4 Å². The highest BCUT2D eigenvalue weighted by atomic mass is 32.2. The number of aromatic nitrogens is 1. The average molecular weight is 448 g/mol. The zero-order chi connectivity index (χ0) is 21.3. The summed E-state index contributed by atoms with van der Waals surface area (Å²) in [5, 5.41) is 0.960. The number of benzene rings is 2. The third-order valence-corrected chi connectivity index (χ3v) is 7.41. The van der Waals surface area contributed by atoms with Crippen LogP contribution in [0.5, 0.6) is 0 Å². The Hall–Kier alpha value is -2.20. The van der Waals surface area contributed by atoms with Crippen molar-refractivity contribution in [3.8, 4) is 0 Å². The van der Waals surface area contributed by atoms with Gasteiger partial charge >= 0.3 is 0 Å². The Balaban J connectivity index is 1.66. The van der Waals surface area contributed by atoms with Crippen molar-refractivity contribution >= 4 is 39.8 Å². The van der Waals surface area contributed by atoms with Crippen molar-refractivity contribution in [1.82, 2.24) is 9.29 Å². The molecule has 0 radical (unpaired) electrons. The maximum Gasteiger partial charge on any atom is 0.250 e. The van der Waals surface area contributed by atoms with Gasteiger partial charge in [0.2, 0.25) is 11.3 Å². The highest BCUT2D eigenvalue weighted by molar-refractivity contribution is 7.99. The number of rotatable bonds is 6. The summed E-state index contributed by atoms with van der Waals surface area (Å²) in [6.07, 6.45) is 3.61. The molecule has 9 heteroatoms. The average Bonchev–Trinajstić information content (AvgIpc) is 3.18. The molecule has 0 saturated carbocycles. The van der Waals surface area contributed by atoms with E-state index in [1.807, 2.05) is 16.6 Å². The normalized spacial score (nSPS) is 16.7. The predicted octanol–water partition coefficient (Wildman–Crippen LogP) is 3.96. The molecule has 2 aromatic carbocycles. The van der Waals surface area contributed by atoms with E-state index in [2.05, 4.69) is 4.98 Å². The lowest BCUT2D eigenvalue weighted by molar-refractivity contribution is 0.100. The van der Waals surface area contributed by atoms with Crippen LogP contribution in [0.4, 0.5) is 4.39 Å². The van der Waals surface area contributed by atoms with Gasteiger partial charge < -0.3 is 10.7 Å². The first-order valence-corrected chi connectivity index (χ1v) is 11.4. The van der Waals surface area contributed by atoms with Crippen LogP contribution >= 0.6 is 11.8 Å². The molecular formula is C21H22FN3O3S2. The molecule has 6 nitrogen and oxygen atoms in total. The lowest BCUT2D eigenvalue weighted by atomic mass is 9.89. The molecule has 4 rings (SSSR count). The molecule has 1 amide bonds. The topological polar surface area (TPSA) is 88.4 Å².